The Labute approximate surface area is 130 Å². The fourth-order valence-corrected chi connectivity index (χ4v) is 3.76. The third-order valence-electron chi connectivity index (χ3n) is 5.34. The number of piperidine rings is 1. The van der Waals surface area contributed by atoms with Gasteiger partial charge in [-0.2, -0.15) is 0 Å². The quantitative estimate of drug-likeness (QED) is 0.824. The molecule has 0 radical (unpaired) electrons. The van der Waals surface area contributed by atoms with Crippen molar-refractivity contribution < 1.29 is 14.7 Å². The first-order chi connectivity index (χ1) is 10.4. The summed E-state index contributed by atoms with van der Waals surface area (Å²) >= 11 is 0. The first-order valence-electron chi connectivity index (χ1n) is 7.76. The summed E-state index contributed by atoms with van der Waals surface area (Å²) in [5.74, 6) is 0.445. The summed E-state index contributed by atoms with van der Waals surface area (Å²) in [7, 11) is 0. The molecule has 3 rings (SSSR count). The molecule has 3 atom stereocenters. The van der Waals surface area contributed by atoms with E-state index in [1.54, 1.807) is 12.1 Å². The molecule has 2 saturated heterocycles. The smallest absolute Gasteiger partial charge is 0.242 e. The third-order valence-corrected chi connectivity index (χ3v) is 5.34. The molecule has 2 heterocycles. The van der Waals surface area contributed by atoms with Crippen molar-refractivity contribution in [1.29, 1.82) is 0 Å². The highest BCUT2D eigenvalue weighted by Crippen LogP contribution is 2.43. The van der Waals surface area contributed by atoms with Gasteiger partial charge in [0, 0.05) is 19.0 Å². The van der Waals surface area contributed by atoms with E-state index in [0.29, 0.717) is 13.0 Å². The van der Waals surface area contributed by atoms with Gasteiger partial charge in [-0.1, -0.05) is 26.0 Å². The van der Waals surface area contributed by atoms with Crippen LogP contribution < -0.4 is 5.32 Å². The minimum atomic E-state index is -0.162. The van der Waals surface area contributed by atoms with E-state index < -0.39 is 0 Å². The number of nitrogens with zero attached hydrogens (tertiary/aromatic N) is 1. The highest BCUT2D eigenvalue weighted by molar-refractivity contribution is 5.88. The first-order valence-corrected chi connectivity index (χ1v) is 7.76. The van der Waals surface area contributed by atoms with Crippen LogP contribution in [0.5, 0.6) is 5.75 Å². The minimum absolute atomic E-state index is 0.000610. The molecular weight excluding hydrogens is 280 g/mol. The van der Waals surface area contributed by atoms with Crippen molar-refractivity contribution in [2.75, 3.05) is 13.1 Å². The Balaban J connectivity index is 1.94. The van der Waals surface area contributed by atoms with Gasteiger partial charge in [0.15, 0.2) is 0 Å². The lowest BCUT2D eigenvalue weighted by Gasteiger charge is -2.48. The summed E-state index contributed by atoms with van der Waals surface area (Å²) in [6.07, 6.45) is 1.09. The highest BCUT2D eigenvalue weighted by Gasteiger charge is 2.45. The molecule has 0 saturated carbocycles. The van der Waals surface area contributed by atoms with Gasteiger partial charge in [0.25, 0.3) is 0 Å². The van der Waals surface area contributed by atoms with Gasteiger partial charge in [0.05, 0.1) is 6.54 Å². The summed E-state index contributed by atoms with van der Waals surface area (Å²) in [4.78, 5) is 25.9. The average molecular weight is 302 g/mol. The summed E-state index contributed by atoms with van der Waals surface area (Å²) in [5, 5.41) is 12.4. The number of fused-ring (bicyclic) bond motifs is 1. The minimum Gasteiger partial charge on any atom is -0.508 e. The second-order valence-corrected chi connectivity index (χ2v) is 6.75. The third kappa shape index (κ3) is 2.45. The van der Waals surface area contributed by atoms with Crippen LogP contribution in [-0.4, -0.2) is 41.0 Å². The number of hydrogen-bond donors (Lipinski definition) is 2. The number of phenols is 1. The first kappa shape index (κ1) is 14.9. The monoisotopic (exact) mass is 302 g/mol. The second-order valence-electron chi connectivity index (χ2n) is 6.75. The predicted molar refractivity (Wildman–Crippen MR) is 82.4 cm³/mol. The topological polar surface area (TPSA) is 69.6 Å². The van der Waals surface area contributed by atoms with Crippen molar-refractivity contribution in [3.63, 3.8) is 0 Å². The number of rotatable bonds is 1. The largest absolute Gasteiger partial charge is 0.508 e. The molecule has 2 fully saturated rings. The lowest BCUT2D eigenvalue weighted by atomic mass is 9.65. The number of carbonyl (C=O) groups excluding carboxylic acids is 2. The Kier molecular flexibility index (Phi) is 3.59. The maximum absolute atomic E-state index is 12.2. The Hall–Kier alpha value is -2.04. The molecule has 5 heteroatoms. The van der Waals surface area contributed by atoms with Gasteiger partial charge in [0.1, 0.15) is 5.75 Å². The van der Waals surface area contributed by atoms with E-state index in [1.165, 1.54) is 0 Å². The molecule has 0 spiro atoms. The SMILES string of the molecule is C[C@H]1CN2C(=O)CNC(=O)C[C@H]2C[C@@]1(C)c1cccc(O)c1. The van der Waals surface area contributed by atoms with Crippen LogP contribution >= 0.6 is 0 Å². The zero-order valence-electron chi connectivity index (χ0n) is 13.0. The van der Waals surface area contributed by atoms with Crippen molar-refractivity contribution in [2.24, 2.45) is 5.92 Å². The number of hydrogen-bond acceptors (Lipinski definition) is 3. The van der Waals surface area contributed by atoms with E-state index in [9.17, 15) is 14.7 Å². The van der Waals surface area contributed by atoms with Gasteiger partial charge in [-0.05, 0) is 35.4 Å². The number of phenolic OH excluding ortho intramolecular Hbond substituents is 1. The molecule has 0 aromatic heterocycles. The summed E-state index contributed by atoms with van der Waals surface area (Å²) < 4.78 is 0. The number of benzene rings is 1. The molecule has 22 heavy (non-hydrogen) atoms. The molecule has 2 aliphatic heterocycles. The number of amides is 2. The fraction of sp³-hybridized carbons (Fsp3) is 0.529. The maximum Gasteiger partial charge on any atom is 0.242 e. The van der Waals surface area contributed by atoms with Crippen molar-refractivity contribution >= 4 is 11.8 Å². The van der Waals surface area contributed by atoms with Crippen LogP contribution in [0.3, 0.4) is 0 Å². The summed E-state index contributed by atoms with van der Waals surface area (Å²) in [5.41, 5.74) is 0.905. The van der Waals surface area contributed by atoms with Crippen LogP contribution in [0, 0.1) is 5.92 Å². The summed E-state index contributed by atoms with van der Waals surface area (Å²) in [6, 6.07) is 7.25. The van der Waals surface area contributed by atoms with E-state index in [0.717, 1.165) is 12.0 Å². The van der Waals surface area contributed by atoms with Crippen LogP contribution in [0.15, 0.2) is 24.3 Å². The van der Waals surface area contributed by atoms with E-state index in [4.69, 9.17) is 0 Å². The molecule has 0 unspecified atom stereocenters. The van der Waals surface area contributed by atoms with Crippen LogP contribution in [0.4, 0.5) is 0 Å². The molecule has 2 amide bonds. The number of nitrogens with one attached hydrogen (secondary N) is 1. The Morgan fingerprint density at radius 3 is 2.86 bits per heavy atom. The van der Waals surface area contributed by atoms with Crippen molar-refractivity contribution in [1.82, 2.24) is 10.2 Å². The Bertz CT molecular complexity index is 616. The summed E-state index contributed by atoms with van der Waals surface area (Å²) in [6.45, 7) is 5.04. The van der Waals surface area contributed by atoms with Crippen molar-refractivity contribution in [3.8, 4) is 5.75 Å². The van der Waals surface area contributed by atoms with Crippen molar-refractivity contribution in [2.45, 2.75) is 38.1 Å². The van der Waals surface area contributed by atoms with E-state index >= 15 is 0 Å². The highest BCUT2D eigenvalue weighted by atomic mass is 16.3. The Morgan fingerprint density at radius 2 is 2.14 bits per heavy atom. The normalized spacial score (nSPS) is 32.2. The molecule has 1 aromatic rings. The lowest BCUT2D eigenvalue weighted by Crippen LogP contribution is -2.55. The predicted octanol–water partition coefficient (Wildman–Crippen LogP) is 1.41. The second kappa shape index (κ2) is 5.30. The van der Waals surface area contributed by atoms with Crippen LogP contribution in [0.25, 0.3) is 0 Å². The number of aromatic hydroxyl groups is 1. The van der Waals surface area contributed by atoms with Gasteiger partial charge < -0.3 is 15.3 Å². The lowest BCUT2D eigenvalue weighted by molar-refractivity contribution is -0.135. The van der Waals surface area contributed by atoms with Crippen LogP contribution in [-0.2, 0) is 15.0 Å². The van der Waals surface area contributed by atoms with E-state index in [1.807, 2.05) is 17.0 Å². The zero-order valence-corrected chi connectivity index (χ0v) is 13.0. The van der Waals surface area contributed by atoms with Gasteiger partial charge in [-0.3, -0.25) is 9.59 Å². The van der Waals surface area contributed by atoms with Crippen molar-refractivity contribution in [3.05, 3.63) is 29.8 Å². The molecule has 118 valence electrons. The Morgan fingerprint density at radius 1 is 1.36 bits per heavy atom. The number of carbonyl (C=O) groups is 2. The molecule has 2 N–H and O–H groups in total. The van der Waals surface area contributed by atoms with E-state index in [2.05, 4.69) is 19.2 Å². The zero-order chi connectivity index (χ0) is 15.9. The average Bonchev–Trinajstić information content (AvgIpc) is 2.60. The fourth-order valence-electron chi connectivity index (χ4n) is 3.76. The molecular formula is C17H22N2O3. The maximum atomic E-state index is 12.2. The molecule has 5 nitrogen and oxygen atoms in total. The molecule has 0 aliphatic carbocycles. The molecule has 1 aromatic carbocycles. The van der Waals surface area contributed by atoms with Gasteiger partial charge in [0.2, 0.25) is 11.8 Å². The van der Waals surface area contributed by atoms with Gasteiger partial charge in [-0.15, -0.1) is 0 Å². The van der Waals surface area contributed by atoms with Gasteiger partial charge >= 0.3 is 0 Å². The van der Waals surface area contributed by atoms with Crippen LogP contribution in [0.2, 0.25) is 0 Å². The standard InChI is InChI=1S/C17H22N2O3/c1-11-10-19-13(7-15(21)18-9-16(19)22)8-17(11,2)12-4-3-5-14(20)6-12/h3-6,11,13,20H,7-10H2,1-2H3,(H,18,21)/t11-,13-,17+/m0/s1. The van der Waals surface area contributed by atoms with Gasteiger partial charge in [-0.25, -0.2) is 0 Å². The molecule has 0 bridgehead atoms. The molecule has 2 aliphatic rings. The van der Waals surface area contributed by atoms with Crippen LogP contribution in [0.1, 0.15) is 32.3 Å². The van der Waals surface area contributed by atoms with E-state index in [-0.39, 0.29) is 41.5 Å².